The largest absolute Gasteiger partial charge is 0.396 e. The summed E-state index contributed by atoms with van der Waals surface area (Å²) < 4.78 is 0. The van der Waals surface area contributed by atoms with Crippen LogP contribution in [0.4, 0.5) is 11.6 Å². The molecular weight excluding hydrogens is 224 g/mol. The fourth-order valence-corrected chi connectivity index (χ4v) is 4.20. The zero-order valence-electron chi connectivity index (χ0n) is 11.4. The highest BCUT2D eigenvalue weighted by atomic mass is 15.1. The Bertz CT molecular complexity index is 449. The second-order valence-electron chi connectivity index (χ2n) is 6.83. The van der Waals surface area contributed by atoms with Gasteiger partial charge in [-0.1, -0.05) is 20.8 Å². The first-order valence-electron chi connectivity index (χ1n) is 6.76. The van der Waals surface area contributed by atoms with Crippen molar-refractivity contribution in [3.63, 3.8) is 0 Å². The molecule has 3 N–H and O–H groups in total. The van der Waals surface area contributed by atoms with Crippen molar-refractivity contribution in [2.45, 2.75) is 46.1 Å². The van der Waals surface area contributed by atoms with E-state index in [1.54, 1.807) is 12.4 Å². The molecule has 2 saturated carbocycles. The van der Waals surface area contributed by atoms with Gasteiger partial charge in [-0.2, -0.15) is 0 Å². The normalized spacial score (nSPS) is 36.8. The molecule has 0 spiro atoms. The molecule has 3 unspecified atom stereocenters. The highest BCUT2D eigenvalue weighted by molar-refractivity contribution is 5.38. The molecule has 18 heavy (non-hydrogen) atoms. The highest BCUT2D eigenvalue weighted by Crippen LogP contribution is 2.62. The minimum absolute atomic E-state index is 0.317. The summed E-state index contributed by atoms with van der Waals surface area (Å²) in [5, 5.41) is 3.55. The lowest BCUT2D eigenvalue weighted by molar-refractivity contribution is 0.155. The van der Waals surface area contributed by atoms with Gasteiger partial charge in [-0.15, -0.1) is 0 Å². The number of hydrogen-bond acceptors (Lipinski definition) is 4. The molecule has 2 fully saturated rings. The van der Waals surface area contributed by atoms with Gasteiger partial charge in [0.05, 0.1) is 18.1 Å². The standard InChI is InChI=1S/C14H22N4/c1-13(2)9-4-5-14(3,6-9)11(13)18-12-16-7-10(15)8-17-12/h7-9,11H,4-6,15H2,1-3H3,(H,16,17,18). The van der Waals surface area contributed by atoms with Gasteiger partial charge in [0.15, 0.2) is 0 Å². The molecule has 2 aliphatic rings. The molecule has 2 bridgehead atoms. The quantitative estimate of drug-likeness (QED) is 0.842. The van der Waals surface area contributed by atoms with E-state index in [1.807, 2.05) is 0 Å². The van der Waals surface area contributed by atoms with Crippen molar-refractivity contribution in [2.24, 2.45) is 16.7 Å². The van der Waals surface area contributed by atoms with Crippen molar-refractivity contribution >= 4 is 11.6 Å². The predicted octanol–water partition coefficient (Wildman–Crippen LogP) is 2.69. The first kappa shape index (κ1) is 11.8. The molecule has 2 aliphatic carbocycles. The molecule has 98 valence electrons. The molecule has 3 rings (SSSR count). The lowest BCUT2D eigenvalue weighted by Crippen LogP contribution is -2.46. The Hall–Kier alpha value is -1.32. The van der Waals surface area contributed by atoms with E-state index in [0.717, 1.165) is 5.92 Å². The molecule has 0 amide bonds. The van der Waals surface area contributed by atoms with Gasteiger partial charge < -0.3 is 11.1 Å². The summed E-state index contributed by atoms with van der Waals surface area (Å²) in [5.41, 5.74) is 6.94. The maximum atomic E-state index is 5.62. The summed E-state index contributed by atoms with van der Waals surface area (Å²) in [6, 6.07) is 0.451. The molecule has 0 saturated heterocycles. The third kappa shape index (κ3) is 1.58. The van der Waals surface area contributed by atoms with E-state index in [4.69, 9.17) is 5.73 Å². The van der Waals surface area contributed by atoms with E-state index < -0.39 is 0 Å². The molecule has 4 heteroatoms. The van der Waals surface area contributed by atoms with Gasteiger partial charge in [0.25, 0.3) is 0 Å². The van der Waals surface area contributed by atoms with E-state index in [-0.39, 0.29) is 0 Å². The van der Waals surface area contributed by atoms with Crippen LogP contribution in [-0.2, 0) is 0 Å². The van der Waals surface area contributed by atoms with Crippen LogP contribution in [0, 0.1) is 16.7 Å². The lowest BCUT2D eigenvalue weighted by Gasteiger charge is -2.43. The van der Waals surface area contributed by atoms with E-state index in [0.29, 0.717) is 28.5 Å². The number of nitrogens with zero attached hydrogens (tertiary/aromatic N) is 2. The first-order valence-corrected chi connectivity index (χ1v) is 6.76. The van der Waals surface area contributed by atoms with Crippen LogP contribution in [0.25, 0.3) is 0 Å². The highest BCUT2D eigenvalue weighted by Gasteiger charge is 2.59. The van der Waals surface area contributed by atoms with Gasteiger partial charge in [0.1, 0.15) is 0 Å². The van der Waals surface area contributed by atoms with Crippen LogP contribution in [0.5, 0.6) is 0 Å². The average molecular weight is 246 g/mol. The number of hydrogen-bond donors (Lipinski definition) is 2. The first-order chi connectivity index (χ1) is 8.42. The van der Waals surface area contributed by atoms with Gasteiger partial charge in [0, 0.05) is 6.04 Å². The van der Waals surface area contributed by atoms with Gasteiger partial charge in [-0.3, -0.25) is 0 Å². The van der Waals surface area contributed by atoms with Crippen LogP contribution in [0.3, 0.4) is 0 Å². The number of nitrogens with two attached hydrogens (primary N) is 1. The fraction of sp³-hybridized carbons (Fsp3) is 0.714. The van der Waals surface area contributed by atoms with Crippen molar-refractivity contribution in [3.8, 4) is 0 Å². The number of anilines is 2. The molecule has 0 radical (unpaired) electrons. The molecule has 1 aromatic heterocycles. The second kappa shape index (κ2) is 3.59. The smallest absolute Gasteiger partial charge is 0.222 e. The zero-order valence-corrected chi connectivity index (χ0v) is 11.4. The minimum Gasteiger partial charge on any atom is -0.396 e. The van der Waals surface area contributed by atoms with Gasteiger partial charge in [-0.25, -0.2) is 9.97 Å². The monoisotopic (exact) mass is 246 g/mol. The Morgan fingerprint density at radius 3 is 2.50 bits per heavy atom. The maximum Gasteiger partial charge on any atom is 0.222 e. The number of fused-ring (bicyclic) bond motifs is 2. The molecule has 3 atom stereocenters. The molecule has 1 aromatic rings. The van der Waals surface area contributed by atoms with Crippen molar-refractivity contribution in [1.82, 2.24) is 9.97 Å². The van der Waals surface area contributed by atoms with Crippen LogP contribution in [0.2, 0.25) is 0 Å². The third-order valence-electron chi connectivity index (χ3n) is 5.22. The Morgan fingerprint density at radius 1 is 1.28 bits per heavy atom. The van der Waals surface area contributed by atoms with Crippen LogP contribution >= 0.6 is 0 Å². The van der Waals surface area contributed by atoms with E-state index >= 15 is 0 Å². The van der Waals surface area contributed by atoms with Crippen LogP contribution in [0.15, 0.2) is 12.4 Å². The van der Waals surface area contributed by atoms with E-state index in [2.05, 4.69) is 36.1 Å². The Balaban J connectivity index is 1.86. The number of nitrogen functional groups attached to an aromatic ring is 1. The summed E-state index contributed by atoms with van der Waals surface area (Å²) in [7, 11) is 0. The van der Waals surface area contributed by atoms with Gasteiger partial charge in [-0.05, 0) is 36.0 Å². The fourth-order valence-electron chi connectivity index (χ4n) is 4.20. The average Bonchev–Trinajstić information content (AvgIpc) is 2.78. The summed E-state index contributed by atoms with van der Waals surface area (Å²) in [6.45, 7) is 7.14. The van der Waals surface area contributed by atoms with Crippen molar-refractivity contribution < 1.29 is 0 Å². The molecule has 1 heterocycles. The third-order valence-corrected chi connectivity index (χ3v) is 5.22. The van der Waals surface area contributed by atoms with Crippen LogP contribution < -0.4 is 11.1 Å². The SMILES string of the molecule is CC12CCC(C1)C(C)(C)C2Nc1ncc(N)cn1. The predicted molar refractivity (Wildman–Crippen MR) is 73.1 cm³/mol. The second-order valence-corrected chi connectivity index (χ2v) is 6.83. The molecule has 4 nitrogen and oxygen atoms in total. The van der Waals surface area contributed by atoms with E-state index in [9.17, 15) is 0 Å². The molecule has 0 aromatic carbocycles. The Labute approximate surface area is 108 Å². The van der Waals surface area contributed by atoms with Crippen molar-refractivity contribution in [1.29, 1.82) is 0 Å². The van der Waals surface area contributed by atoms with Crippen molar-refractivity contribution in [2.75, 3.05) is 11.1 Å². The summed E-state index contributed by atoms with van der Waals surface area (Å²) in [6.07, 6.45) is 7.33. The summed E-state index contributed by atoms with van der Waals surface area (Å²) in [4.78, 5) is 8.55. The Kier molecular flexibility index (Phi) is 2.34. The zero-order chi connectivity index (χ0) is 13.0. The van der Waals surface area contributed by atoms with Gasteiger partial charge in [0.2, 0.25) is 5.95 Å². The van der Waals surface area contributed by atoms with Crippen molar-refractivity contribution in [3.05, 3.63) is 12.4 Å². The number of rotatable bonds is 2. The number of nitrogens with one attached hydrogen (secondary N) is 1. The summed E-state index contributed by atoms with van der Waals surface area (Å²) >= 11 is 0. The lowest BCUT2D eigenvalue weighted by atomic mass is 9.68. The minimum atomic E-state index is 0.317. The summed E-state index contributed by atoms with van der Waals surface area (Å²) in [5.74, 6) is 1.53. The molecular formula is C14H22N4. The van der Waals surface area contributed by atoms with Gasteiger partial charge >= 0.3 is 0 Å². The maximum absolute atomic E-state index is 5.62. The van der Waals surface area contributed by atoms with Crippen LogP contribution in [-0.4, -0.2) is 16.0 Å². The number of aromatic nitrogens is 2. The molecule has 0 aliphatic heterocycles. The Morgan fingerprint density at radius 2 is 1.94 bits per heavy atom. The van der Waals surface area contributed by atoms with E-state index in [1.165, 1.54) is 19.3 Å². The topological polar surface area (TPSA) is 63.8 Å². The van der Waals surface area contributed by atoms with Crippen LogP contribution in [0.1, 0.15) is 40.0 Å².